The van der Waals surface area contributed by atoms with E-state index in [-0.39, 0.29) is 6.04 Å². The van der Waals surface area contributed by atoms with E-state index >= 15 is 0 Å². The van der Waals surface area contributed by atoms with E-state index in [0.717, 1.165) is 19.0 Å². The van der Waals surface area contributed by atoms with Gasteiger partial charge in [-0.2, -0.15) is 5.26 Å². The van der Waals surface area contributed by atoms with E-state index in [0.29, 0.717) is 12.0 Å². The molecular formula is C11H19N3. The van der Waals surface area contributed by atoms with Crippen molar-refractivity contribution in [3.8, 4) is 6.07 Å². The SMILES string of the molecule is CC(C#N)N1CC2CCCC(N)C2C1. The van der Waals surface area contributed by atoms with Crippen LogP contribution in [0.3, 0.4) is 0 Å². The van der Waals surface area contributed by atoms with Crippen molar-refractivity contribution in [1.29, 1.82) is 5.26 Å². The van der Waals surface area contributed by atoms with Gasteiger partial charge >= 0.3 is 0 Å². The standard InChI is InChI=1S/C11H19N3/c1-8(5-12)14-6-9-3-2-4-11(13)10(9)7-14/h8-11H,2-4,6-7,13H2,1H3. The van der Waals surface area contributed by atoms with Gasteiger partial charge in [0.2, 0.25) is 0 Å². The molecule has 0 aromatic rings. The van der Waals surface area contributed by atoms with Gasteiger partial charge in [0.25, 0.3) is 0 Å². The summed E-state index contributed by atoms with van der Waals surface area (Å²) in [6.07, 6.45) is 3.76. The van der Waals surface area contributed by atoms with Crippen molar-refractivity contribution in [2.24, 2.45) is 17.6 Å². The van der Waals surface area contributed by atoms with E-state index < -0.39 is 0 Å². The Morgan fingerprint density at radius 2 is 2.21 bits per heavy atom. The molecule has 14 heavy (non-hydrogen) atoms. The highest BCUT2D eigenvalue weighted by atomic mass is 15.2. The molecule has 3 nitrogen and oxygen atoms in total. The highest BCUT2D eigenvalue weighted by molar-refractivity contribution is 4.98. The predicted molar refractivity (Wildman–Crippen MR) is 55.5 cm³/mol. The summed E-state index contributed by atoms with van der Waals surface area (Å²) >= 11 is 0. The number of fused-ring (bicyclic) bond motifs is 1. The molecule has 0 aromatic carbocycles. The fourth-order valence-corrected chi connectivity index (χ4v) is 2.95. The summed E-state index contributed by atoms with van der Waals surface area (Å²) in [7, 11) is 0. The summed E-state index contributed by atoms with van der Waals surface area (Å²) < 4.78 is 0. The number of nitriles is 1. The van der Waals surface area contributed by atoms with Gasteiger partial charge in [-0.15, -0.1) is 0 Å². The highest BCUT2D eigenvalue weighted by Crippen LogP contribution is 2.36. The lowest BCUT2D eigenvalue weighted by molar-refractivity contribution is 0.258. The van der Waals surface area contributed by atoms with Gasteiger partial charge in [-0.3, -0.25) is 4.90 Å². The zero-order chi connectivity index (χ0) is 10.1. The molecule has 1 saturated heterocycles. The first-order valence-electron chi connectivity index (χ1n) is 5.61. The van der Waals surface area contributed by atoms with Gasteiger partial charge in [0.05, 0.1) is 12.1 Å². The van der Waals surface area contributed by atoms with Gasteiger partial charge in [0.1, 0.15) is 0 Å². The smallest absolute Gasteiger partial charge is 0.0949 e. The number of nitrogens with zero attached hydrogens (tertiary/aromatic N) is 2. The molecule has 78 valence electrons. The molecule has 2 fully saturated rings. The van der Waals surface area contributed by atoms with Gasteiger partial charge in [-0.25, -0.2) is 0 Å². The lowest BCUT2D eigenvalue weighted by Crippen LogP contribution is -2.38. The fourth-order valence-electron chi connectivity index (χ4n) is 2.95. The number of nitrogens with two attached hydrogens (primary N) is 1. The van der Waals surface area contributed by atoms with Crippen LogP contribution in [0.1, 0.15) is 26.2 Å². The van der Waals surface area contributed by atoms with Gasteiger partial charge in [0.15, 0.2) is 0 Å². The van der Waals surface area contributed by atoms with Crippen molar-refractivity contribution in [3.05, 3.63) is 0 Å². The zero-order valence-corrected chi connectivity index (χ0v) is 8.82. The second kappa shape index (κ2) is 3.88. The molecule has 0 amide bonds. The van der Waals surface area contributed by atoms with Crippen LogP contribution < -0.4 is 5.73 Å². The number of hydrogen-bond donors (Lipinski definition) is 1. The molecule has 0 spiro atoms. The molecule has 4 atom stereocenters. The molecule has 2 rings (SSSR count). The third-order valence-electron chi connectivity index (χ3n) is 3.92. The molecule has 1 heterocycles. The maximum Gasteiger partial charge on any atom is 0.0949 e. The summed E-state index contributed by atoms with van der Waals surface area (Å²) in [6, 6.07) is 2.76. The Labute approximate surface area is 85.9 Å². The molecular weight excluding hydrogens is 174 g/mol. The Balaban J connectivity index is 2.01. The summed E-state index contributed by atoms with van der Waals surface area (Å²) in [5.74, 6) is 1.41. The van der Waals surface area contributed by atoms with Crippen molar-refractivity contribution >= 4 is 0 Å². The second-order valence-corrected chi connectivity index (χ2v) is 4.78. The van der Waals surface area contributed by atoms with Crippen molar-refractivity contribution in [2.75, 3.05) is 13.1 Å². The van der Waals surface area contributed by atoms with E-state index in [1.54, 1.807) is 0 Å². The molecule has 0 bridgehead atoms. The fraction of sp³-hybridized carbons (Fsp3) is 0.909. The maximum atomic E-state index is 8.87. The quantitative estimate of drug-likeness (QED) is 0.675. The first-order valence-corrected chi connectivity index (χ1v) is 5.61. The van der Waals surface area contributed by atoms with E-state index in [1.165, 1.54) is 19.3 Å². The van der Waals surface area contributed by atoms with Gasteiger partial charge in [0, 0.05) is 19.1 Å². The molecule has 3 heteroatoms. The molecule has 2 aliphatic rings. The van der Waals surface area contributed by atoms with Gasteiger partial charge in [-0.1, -0.05) is 6.42 Å². The third-order valence-corrected chi connectivity index (χ3v) is 3.92. The van der Waals surface area contributed by atoms with E-state index in [1.807, 2.05) is 6.92 Å². The van der Waals surface area contributed by atoms with Crippen LogP contribution in [0.2, 0.25) is 0 Å². The lowest BCUT2D eigenvalue weighted by atomic mass is 9.78. The van der Waals surface area contributed by atoms with Crippen molar-refractivity contribution in [2.45, 2.75) is 38.3 Å². The lowest BCUT2D eigenvalue weighted by Gasteiger charge is -2.29. The monoisotopic (exact) mass is 193 g/mol. The van der Waals surface area contributed by atoms with Gasteiger partial charge < -0.3 is 5.73 Å². The molecule has 2 N–H and O–H groups in total. The van der Waals surface area contributed by atoms with Crippen LogP contribution in [-0.2, 0) is 0 Å². The summed E-state index contributed by atoms with van der Waals surface area (Å²) in [5, 5.41) is 8.87. The minimum absolute atomic E-state index is 0.0628. The number of hydrogen-bond acceptors (Lipinski definition) is 3. The Kier molecular flexibility index (Phi) is 2.76. The first kappa shape index (κ1) is 9.95. The second-order valence-electron chi connectivity index (χ2n) is 4.78. The number of rotatable bonds is 1. The number of likely N-dealkylation sites (tertiary alicyclic amines) is 1. The van der Waals surface area contributed by atoms with Crippen molar-refractivity contribution in [1.82, 2.24) is 4.90 Å². The Hall–Kier alpha value is -0.590. The maximum absolute atomic E-state index is 8.87. The molecule has 0 aromatic heterocycles. The van der Waals surface area contributed by atoms with Crippen LogP contribution in [0, 0.1) is 23.2 Å². The van der Waals surface area contributed by atoms with Crippen LogP contribution in [0.25, 0.3) is 0 Å². The molecule has 4 unspecified atom stereocenters. The van der Waals surface area contributed by atoms with Crippen LogP contribution in [0.5, 0.6) is 0 Å². The van der Waals surface area contributed by atoms with Crippen LogP contribution in [0.4, 0.5) is 0 Å². The third kappa shape index (κ3) is 1.65. The topological polar surface area (TPSA) is 53.0 Å². The van der Waals surface area contributed by atoms with Crippen LogP contribution in [0.15, 0.2) is 0 Å². The zero-order valence-electron chi connectivity index (χ0n) is 8.82. The average molecular weight is 193 g/mol. The largest absolute Gasteiger partial charge is 0.327 e. The summed E-state index contributed by atoms with van der Waals surface area (Å²) in [5.41, 5.74) is 6.11. The minimum Gasteiger partial charge on any atom is -0.327 e. The highest BCUT2D eigenvalue weighted by Gasteiger charge is 2.39. The summed E-state index contributed by atoms with van der Waals surface area (Å²) in [6.45, 7) is 4.12. The molecule has 1 saturated carbocycles. The first-order chi connectivity index (χ1) is 6.72. The minimum atomic E-state index is 0.0628. The molecule has 1 aliphatic heterocycles. The van der Waals surface area contributed by atoms with E-state index in [2.05, 4.69) is 11.0 Å². The Morgan fingerprint density at radius 3 is 2.86 bits per heavy atom. The van der Waals surface area contributed by atoms with Crippen molar-refractivity contribution < 1.29 is 0 Å². The Bertz CT molecular complexity index is 245. The van der Waals surface area contributed by atoms with Crippen LogP contribution >= 0.6 is 0 Å². The van der Waals surface area contributed by atoms with Crippen LogP contribution in [-0.4, -0.2) is 30.1 Å². The average Bonchev–Trinajstić information content (AvgIpc) is 2.62. The van der Waals surface area contributed by atoms with Crippen molar-refractivity contribution in [3.63, 3.8) is 0 Å². The van der Waals surface area contributed by atoms with Gasteiger partial charge in [-0.05, 0) is 31.6 Å². The van der Waals surface area contributed by atoms with E-state index in [4.69, 9.17) is 11.0 Å². The summed E-state index contributed by atoms with van der Waals surface area (Å²) in [4.78, 5) is 2.29. The molecule has 1 aliphatic carbocycles. The molecule has 0 radical (unpaired) electrons. The van der Waals surface area contributed by atoms with E-state index in [9.17, 15) is 0 Å². The Morgan fingerprint density at radius 1 is 1.43 bits per heavy atom. The predicted octanol–water partition coefficient (Wildman–Crippen LogP) is 0.958. The normalized spacial score (nSPS) is 40.2.